The van der Waals surface area contributed by atoms with Gasteiger partial charge in [-0.3, -0.25) is 9.52 Å². The van der Waals surface area contributed by atoms with Crippen LogP contribution in [0.4, 0.5) is 11.4 Å². The maximum absolute atomic E-state index is 12.6. The number of halogens is 3. The van der Waals surface area contributed by atoms with Gasteiger partial charge in [0, 0.05) is 15.6 Å². The third-order valence-corrected chi connectivity index (χ3v) is 7.69. The van der Waals surface area contributed by atoms with Crippen LogP contribution in [0.15, 0.2) is 76.5 Å². The van der Waals surface area contributed by atoms with E-state index in [0.717, 1.165) is 4.90 Å². The second-order valence-corrected chi connectivity index (χ2v) is 10.8. The molecule has 0 aromatic heterocycles. The van der Waals surface area contributed by atoms with Crippen LogP contribution in [0, 0.1) is 0 Å². The Balaban J connectivity index is 1.65. The molecule has 0 aliphatic carbocycles. The van der Waals surface area contributed by atoms with Gasteiger partial charge in [-0.25, -0.2) is 8.42 Å². The van der Waals surface area contributed by atoms with E-state index in [1.807, 2.05) is 12.1 Å². The minimum Gasteiger partial charge on any atom is -0.325 e. The summed E-state index contributed by atoms with van der Waals surface area (Å²) < 4.78 is 27.7. The zero-order chi connectivity index (χ0) is 22.6. The molecule has 0 bridgehead atoms. The maximum Gasteiger partial charge on any atom is 0.261 e. The van der Waals surface area contributed by atoms with E-state index in [1.54, 1.807) is 31.2 Å². The molecule has 10 heteroatoms. The van der Waals surface area contributed by atoms with Gasteiger partial charge in [-0.15, -0.1) is 11.8 Å². The second-order valence-electron chi connectivity index (χ2n) is 6.43. The first-order valence-corrected chi connectivity index (χ1v) is 12.5. The van der Waals surface area contributed by atoms with Crippen molar-refractivity contribution in [3.05, 3.63) is 81.8 Å². The number of hydrogen-bond acceptors (Lipinski definition) is 4. The van der Waals surface area contributed by atoms with Crippen molar-refractivity contribution in [3.8, 4) is 0 Å². The van der Waals surface area contributed by atoms with Crippen molar-refractivity contribution in [2.24, 2.45) is 0 Å². The van der Waals surface area contributed by atoms with Crippen LogP contribution in [0.5, 0.6) is 0 Å². The fraction of sp³-hybridized carbons (Fsp3) is 0.0952. The smallest absolute Gasteiger partial charge is 0.261 e. The number of nitrogens with one attached hydrogen (secondary N) is 2. The molecule has 3 aromatic carbocycles. The lowest BCUT2D eigenvalue weighted by molar-refractivity contribution is -0.115. The van der Waals surface area contributed by atoms with E-state index in [9.17, 15) is 13.2 Å². The Labute approximate surface area is 200 Å². The zero-order valence-electron chi connectivity index (χ0n) is 16.1. The predicted molar refractivity (Wildman–Crippen MR) is 129 cm³/mol. The van der Waals surface area contributed by atoms with E-state index in [2.05, 4.69) is 10.0 Å². The Kier molecular flexibility index (Phi) is 7.78. The van der Waals surface area contributed by atoms with Crippen LogP contribution in [-0.4, -0.2) is 19.6 Å². The summed E-state index contributed by atoms with van der Waals surface area (Å²) >= 11 is 19.2. The zero-order valence-corrected chi connectivity index (χ0v) is 20.0. The largest absolute Gasteiger partial charge is 0.325 e. The molecule has 31 heavy (non-hydrogen) atoms. The van der Waals surface area contributed by atoms with Gasteiger partial charge in [0.05, 0.1) is 25.9 Å². The number of hydrogen-bond donors (Lipinski definition) is 2. The number of carbonyl (C=O) groups is 1. The first-order chi connectivity index (χ1) is 14.7. The van der Waals surface area contributed by atoms with Crippen molar-refractivity contribution in [3.63, 3.8) is 0 Å². The van der Waals surface area contributed by atoms with Crippen LogP contribution in [0.2, 0.25) is 15.1 Å². The quantitative estimate of drug-likeness (QED) is 0.349. The van der Waals surface area contributed by atoms with Gasteiger partial charge in [-0.05, 0) is 67.6 Å². The molecule has 5 nitrogen and oxygen atoms in total. The lowest BCUT2D eigenvalue weighted by Gasteiger charge is -2.13. The maximum atomic E-state index is 12.6. The highest BCUT2D eigenvalue weighted by Crippen LogP contribution is 2.31. The molecule has 162 valence electrons. The van der Waals surface area contributed by atoms with Gasteiger partial charge in [0.1, 0.15) is 0 Å². The molecule has 0 saturated carbocycles. The Morgan fingerprint density at radius 3 is 2.23 bits per heavy atom. The highest BCUT2D eigenvalue weighted by Gasteiger charge is 2.18. The second kappa shape index (κ2) is 10.1. The molecule has 0 heterocycles. The van der Waals surface area contributed by atoms with E-state index >= 15 is 0 Å². The summed E-state index contributed by atoms with van der Waals surface area (Å²) in [6.07, 6.45) is 0. The monoisotopic (exact) mass is 514 g/mol. The van der Waals surface area contributed by atoms with Crippen molar-refractivity contribution < 1.29 is 13.2 Å². The number of sulfonamides is 1. The summed E-state index contributed by atoms with van der Waals surface area (Å²) in [4.78, 5) is 13.4. The van der Waals surface area contributed by atoms with Crippen LogP contribution >= 0.6 is 46.6 Å². The first kappa shape index (κ1) is 23.8. The van der Waals surface area contributed by atoms with Crippen LogP contribution in [-0.2, 0) is 14.8 Å². The van der Waals surface area contributed by atoms with Crippen LogP contribution in [0.25, 0.3) is 0 Å². The molecule has 0 fully saturated rings. The molecule has 3 aromatic rings. The van der Waals surface area contributed by atoms with Gasteiger partial charge < -0.3 is 5.32 Å². The highest BCUT2D eigenvalue weighted by atomic mass is 35.5. The van der Waals surface area contributed by atoms with Crippen molar-refractivity contribution in [2.75, 3.05) is 10.0 Å². The van der Waals surface area contributed by atoms with E-state index in [4.69, 9.17) is 34.8 Å². The summed E-state index contributed by atoms with van der Waals surface area (Å²) in [5, 5.41) is 3.40. The van der Waals surface area contributed by atoms with Crippen LogP contribution in [0.1, 0.15) is 6.92 Å². The average Bonchev–Trinajstić information content (AvgIpc) is 2.73. The number of thioether (sulfide) groups is 1. The average molecular weight is 516 g/mol. The van der Waals surface area contributed by atoms with Gasteiger partial charge in [-0.1, -0.05) is 40.9 Å². The Bertz CT molecular complexity index is 1190. The van der Waals surface area contributed by atoms with Crippen molar-refractivity contribution in [2.45, 2.75) is 22.0 Å². The van der Waals surface area contributed by atoms with Gasteiger partial charge in [0.15, 0.2) is 0 Å². The molecule has 0 aliphatic heterocycles. The SMILES string of the molecule is C[C@H](Sc1ccc(Cl)cc1)C(=O)Nc1ccc(S(=O)(=O)Nc2cccc(Cl)c2Cl)cc1. The standard InChI is InChI=1S/C21H17Cl3N2O3S2/c1-13(30-16-9-5-14(22)6-10-16)21(27)25-15-7-11-17(12-8-15)31(28,29)26-19-4-2-3-18(23)20(19)24/h2-13,26H,1H3,(H,25,27)/t13-/m0/s1. The number of rotatable bonds is 7. The van der Waals surface area contributed by atoms with Gasteiger partial charge in [0.2, 0.25) is 5.91 Å². The summed E-state index contributed by atoms with van der Waals surface area (Å²) in [5.41, 5.74) is 0.660. The van der Waals surface area contributed by atoms with E-state index in [1.165, 1.54) is 42.1 Å². The summed E-state index contributed by atoms with van der Waals surface area (Å²) in [6.45, 7) is 1.78. The fourth-order valence-corrected chi connectivity index (χ4v) is 4.99. The minimum absolute atomic E-state index is 0.0186. The summed E-state index contributed by atoms with van der Waals surface area (Å²) in [5.74, 6) is -0.209. The molecule has 0 spiro atoms. The van der Waals surface area contributed by atoms with Crippen LogP contribution < -0.4 is 10.0 Å². The number of benzene rings is 3. The summed E-state index contributed by atoms with van der Waals surface area (Å²) in [6, 6.07) is 17.7. The van der Waals surface area contributed by atoms with E-state index in [0.29, 0.717) is 10.7 Å². The molecular weight excluding hydrogens is 499 g/mol. The lowest BCUT2D eigenvalue weighted by Crippen LogP contribution is -2.22. The third kappa shape index (κ3) is 6.30. The van der Waals surface area contributed by atoms with E-state index < -0.39 is 10.0 Å². The van der Waals surface area contributed by atoms with Gasteiger partial charge in [0.25, 0.3) is 10.0 Å². The number of anilines is 2. The Morgan fingerprint density at radius 1 is 0.935 bits per heavy atom. The minimum atomic E-state index is -3.88. The van der Waals surface area contributed by atoms with Crippen molar-refractivity contribution in [1.82, 2.24) is 0 Å². The predicted octanol–water partition coefficient (Wildman–Crippen LogP) is 6.57. The molecule has 0 radical (unpaired) electrons. The molecule has 3 rings (SSSR count). The highest BCUT2D eigenvalue weighted by molar-refractivity contribution is 8.00. The Hall–Kier alpha value is -1.90. The molecule has 2 N–H and O–H groups in total. The lowest BCUT2D eigenvalue weighted by atomic mass is 10.3. The van der Waals surface area contributed by atoms with Gasteiger partial charge in [-0.2, -0.15) is 0 Å². The van der Waals surface area contributed by atoms with Crippen molar-refractivity contribution >= 4 is 73.9 Å². The molecule has 1 atom stereocenters. The molecule has 0 unspecified atom stereocenters. The van der Waals surface area contributed by atoms with Crippen molar-refractivity contribution in [1.29, 1.82) is 0 Å². The topological polar surface area (TPSA) is 75.3 Å². The first-order valence-electron chi connectivity index (χ1n) is 8.96. The number of amides is 1. The van der Waals surface area contributed by atoms with Crippen LogP contribution in [0.3, 0.4) is 0 Å². The molecule has 1 amide bonds. The summed E-state index contributed by atoms with van der Waals surface area (Å²) in [7, 11) is -3.88. The van der Waals surface area contributed by atoms with Gasteiger partial charge >= 0.3 is 0 Å². The Morgan fingerprint density at radius 2 is 1.58 bits per heavy atom. The number of carbonyl (C=O) groups excluding carboxylic acids is 1. The molecule has 0 saturated heterocycles. The normalized spacial score (nSPS) is 12.3. The molecular formula is C21H17Cl3N2O3S2. The fourth-order valence-electron chi connectivity index (χ4n) is 2.52. The van der Waals surface area contributed by atoms with E-state index in [-0.39, 0.29) is 31.8 Å². The molecule has 0 aliphatic rings. The third-order valence-electron chi connectivity index (χ3n) is 4.12.